The van der Waals surface area contributed by atoms with E-state index in [0.29, 0.717) is 11.0 Å². The van der Waals surface area contributed by atoms with Crippen LogP contribution in [0, 0.1) is 0 Å². The average Bonchev–Trinajstić information content (AvgIpc) is 2.70. The summed E-state index contributed by atoms with van der Waals surface area (Å²) in [5, 5.41) is 13.3. The van der Waals surface area contributed by atoms with Gasteiger partial charge in [-0.2, -0.15) is 4.68 Å². The molecular formula is C13H23N4NaO3S. The molecule has 1 unspecified atom stereocenters. The van der Waals surface area contributed by atoms with E-state index in [4.69, 9.17) is 5.11 Å². The fourth-order valence-corrected chi connectivity index (χ4v) is 2.42. The third-order valence-electron chi connectivity index (χ3n) is 2.58. The maximum Gasteiger partial charge on any atom is 1.00 e. The Hall–Kier alpha value is -0.570. The molecule has 1 heterocycles. The van der Waals surface area contributed by atoms with Crippen LogP contribution in [-0.2, 0) is 10.2 Å². The molecular weight excluding hydrogens is 315 g/mol. The smallest absolute Gasteiger partial charge is 1.00 e. The van der Waals surface area contributed by atoms with Gasteiger partial charge in [-0.1, -0.05) is 39.5 Å². The number of rotatable bonds is 4. The van der Waals surface area contributed by atoms with Crippen molar-refractivity contribution < 1.29 is 45.7 Å². The SMILES string of the molecule is CC(CC(=O)O)Sc1nc(C(C)(C)C)nn1C(=O)N(C)C.[H-].[Na+]. The van der Waals surface area contributed by atoms with Crippen molar-refractivity contribution in [1.82, 2.24) is 19.7 Å². The van der Waals surface area contributed by atoms with Crippen molar-refractivity contribution >= 4 is 23.8 Å². The van der Waals surface area contributed by atoms with Gasteiger partial charge >= 0.3 is 41.6 Å². The van der Waals surface area contributed by atoms with E-state index < -0.39 is 5.97 Å². The Kier molecular flexibility index (Phi) is 8.11. The molecule has 0 radical (unpaired) electrons. The maximum absolute atomic E-state index is 12.2. The van der Waals surface area contributed by atoms with Gasteiger partial charge < -0.3 is 11.4 Å². The normalized spacial score (nSPS) is 12.5. The maximum atomic E-state index is 12.2. The summed E-state index contributed by atoms with van der Waals surface area (Å²) < 4.78 is 1.24. The molecule has 22 heavy (non-hydrogen) atoms. The molecule has 1 N–H and O–H groups in total. The van der Waals surface area contributed by atoms with Gasteiger partial charge in [-0.05, 0) is 0 Å². The zero-order valence-electron chi connectivity index (χ0n) is 15.2. The van der Waals surface area contributed by atoms with Gasteiger partial charge in [0.2, 0.25) is 0 Å². The Bertz CT molecular complexity index is 546. The third-order valence-corrected chi connectivity index (χ3v) is 3.62. The van der Waals surface area contributed by atoms with Gasteiger partial charge in [-0.15, -0.1) is 5.10 Å². The van der Waals surface area contributed by atoms with Crippen LogP contribution in [0.1, 0.15) is 41.4 Å². The Morgan fingerprint density at radius 1 is 1.41 bits per heavy atom. The Morgan fingerprint density at radius 2 is 1.95 bits per heavy atom. The largest absolute Gasteiger partial charge is 1.00 e. The van der Waals surface area contributed by atoms with Crippen molar-refractivity contribution in [3.8, 4) is 0 Å². The first-order valence-electron chi connectivity index (χ1n) is 6.60. The van der Waals surface area contributed by atoms with Gasteiger partial charge in [-0.3, -0.25) is 4.79 Å². The fraction of sp³-hybridized carbons (Fsp3) is 0.692. The predicted octanol–water partition coefficient (Wildman–Crippen LogP) is -0.823. The van der Waals surface area contributed by atoms with Crippen molar-refractivity contribution in [2.45, 2.75) is 49.9 Å². The van der Waals surface area contributed by atoms with E-state index in [9.17, 15) is 9.59 Å². The zero-order valence-corrected chi connectivity index (χ0v) is 17.1. The molecule has 0 aliphatic rings. The van der Waals surface area contributed by atoms with Crippen LogP contribution in [-0.4, -0.2) is 56.1 Å². The van der Waals surface area contributed by atoms with E-state index in [1.807, 2.05) is 20.8 Å². The first-order valence-corrected chi connectivity index (χ1v) is 7.48. The topological polar surface area (TPSA) is 88.3 Å². The predicted molar refractivity (Wildman–Crippen MR) is 81.9 cm³/mol. The molecule has 0 aromatic carbocycles. The quantitative estimate of drug-likeness (QED) is 0.570. The van der Waals surface area contributed by atoms with Gasteiger partial charge in [0.15, 0.2) is 11.0 Å². The second-order valence-electron chi connectivity index (χ2n) is 6.08. The van der Waals surface area contributed by atoms with Crippen LogP contribution in [0.2, 0.25) is 0 Å². The van der Waals surface area contributed by atoms with Crippen molar-refractivity contribution in [2.75, 3.05) is 14.1 Å². The molecule has 1 aromatic rings. The van der Waals surface area contributed by atoms with Crippen molar-refractivity contribution in [1.29, 1.82) is 0 Å². The van der Waals surface area contributed by atoms with Crippen molar-refractivity contribution in [2.24, 2.45) is 0 Å². The number of carboxylic acid groups (broad SMARTS) is 1. The van der Waals surface area contributed by atoms with E-state index in [1.165, 1.54) is 21.3 Å². The summed E-state index contributed by atoms with van der Waals surface area (Å²) in [6.45, 7) is 7.67. The Balaban J connectivity index is 0. The zero-order chi connectivity index (χ0) is 16.4. The second kappa shape index (κ2) is 8.33. The van der Waals surface area contributed by atoms with Crippen LogP contribution < -0.4 is 29.6 Å². The first kappa shape index (κ1) is 21.4. The molecule has 0 bridgehead atoms. The number of carbonyl (C=O) groups is 2. The van der Waals surface area contributed by atoms with E-state index in [0.717, 1.165) is 0 Å². The fourth-order valence-electron chi connectivity index (χ4n) is 1.47. The van der Waals surface area contributed by atoms with Crippen LogP contribution >= 0.6 is 11.8 Å². The molecule has 7 nitrogen and oxygen atoms in total. The number of hydrogen-bond donors (Lipinski definition) is 1. The Labute approximate surface area is 158 Å². The molecule has 1 amide bonds. The number of thioether (sulfide) groups is 1. The van der Waals surface area contributed by atoms with Crippen LogP contribution in [0.25, 0.3) is 0 Å². The molecule has 0 saturated heterocycles. The van der Waals surface area contributed by atoms with Gasteiger partial charge in [0.25, 0.3) is 0 Å². The summed E-state index contributed by atoms with van der Waals surface area (Å²) in [7, 11) is 3.27. The number of amides is 1. The van der Waals surface area contributed by atoms with E-state index in [1.54, 1.807) is 21.0 Å². The summed E-state index contributed by atoms with van der Waals surface area (Å²) in [5.41, 5.74) is -0.289. The average molecular weight is 338 g/mol. The minimum Gasteiger partial charge on any atom is -1.00 e. The number of carbonyl (C=O) groups excluding carboxylic acids is 1. The summed E-state index contributed by atoms with van der Waals surface area (Å²) in [6, 6.07) is -0.303. The van der Waals surface area contributed by atoms with Gasteiger partial charge in [0, 0.05) is 24.8 Å². The minimum absolute atomic E-state index is 0. The van der Waals surface area contributed by atoms with E-state index in [-0.39, 0.29) is 54.1 Å². The van der Waals surface area contributed by atoms with Crippen LogP contribution in [0.3, 0.4) is 0 Å². The molecule has 1 aromatic heterocycles. The van der Waals surface area contributed by atoms with Gasteiger partial charge in [0.05, 0.1) is 6.42 Å². The molecule has 0 saturated carbocycles. The molecule has 0 aliphatic heterocycles. The number of hydrogen-bond acceptors (Lipinski definition) is 5. The molecule has 0 aliphatic carbocycles. The number of aromatic nitrogens is 3. The monoisotopic (exact) mass is 338 g/mol. The number of nitrogens with zero attached hydrogens (tertiary/aromatic N) is 4. The summed E-state index contributed by atoms with van der Waals surface area (Å²) >= 11 is 1.24. The van der Waals surface area contributed by atoms with Crippen LogP contribution in [0.4, 0.5) is 4.79 Å². The molecule has 9 heteroatoms. The van der Waals surface area contributed by atoms with Crippen molar-refractivity contribution in [3.05, 3.63) is 5.82 Å². The number of aliphatic carboxylic acids is 1. The molecule has 0 spiro atoms. The van der Waals surface area contributed by atoms with Gasteiger partial charge in [-0.25, -0.2) is 9.78 Å². The molecule has 1 atom stereocenters. The molecule has 120 valence electrons. The summed E-state index contributed by atoms with van der Waals surface area (Å²) in [6.07, 6.45) is -0.00146. The van der Waals surface area contributed by atoms with Gasteiger partial charge in [0.1, 0.15) is 0 Å². The molecule has 0 fully saturated rings. The van der Waals surface area contributed by atoms with Crippen LogP contribution in [0.5, 0.6) is 0 Å². The second-order valence-corrected chi connectivity index (χ2v) is 7.49. The van der Waals surface area contributed by atoms with Crippen molar-refractivity contribution in [3.63, 3.8) is 0 Å². The minimum atomic E-state index is -0.879. The first-order chi connectivity index (χ1) is 9.52. The van der Waals surface area contributed by atoms with E-state index in [2.05, 4.69) is 10.1 Å². The standard InChI is InChI=1S/C13H22N4O3S.Na.H/c1-8(7-9(18)19)21-11-14-10(13(2,3)4)15-17(11)12(20)16(5)6;;/h8H,7H2,1-6H3,(H,18,19);;/q;+1;-1. The van der Waals surface area contributed by atoms with Crippen LogP contribution in [0.15, 0.2) is 5.16 Å². The Morgan fingerprint density at radius 3 is 2.36 bits per heavy atom. The molecule has 1 rings (SSSR count). The third kappa shape index (κ3) is 5.91. The number of carboxylic acids is 1. The summed E-state index contributed by atoms with van der Waals surface area (Å²) in [5.74, 6) is -0.321. The summed E-state index contributed by atoms with van der Waals surface area (Å²) in [4.78, 5) is 28.7. The van der Waals surface area contributed by atoms with E-state index >= 15 is 0 Å².